The van der Waals surface area contributed by atoms with Gasteiger partial charge in [-0.3, -0.25) is 0 Å². The second-order valence-electron chi connectivity index (χ2n) is 18.9. The normalized spacial score (nSPS) is 10.7. The molecule has 6 rings (SSSR count). The summed E-state index contributed by atoms with van der Waals surface area (Å²) in [6.45, 7) is 18.5. The zero-order chi connectivity index (χ0) is 55.4. The Morgan fingerprint density at radius 3 is 1.21 bits per heavy atom. The van der Waals surface area contributed by atoms with Crippen LogP contribution in [0, 0.1) is 6.92 Å². The standard InChI is InChI=1S/C25H30O3.C20H22O4.C19H20O4.CH4/c1-17(2)6-10-23-21(9-7-20-8-11-24(27)19(5)14-20)15-22(26)16-25(23)28-13-12-18(3)4;1-13(2)4-8-17-15(11-16(21)12-19(17)23)7-5-14-6-9-18(22)20(10-14)24-3;1-12(2)3-7-16-14(10-15(20)11-18(16)22)6-4-13-5-8-17(21)19(23)9-13;/h6-9,11-12,14-16,26-27H,10,13H2,1-5H3;4-7,9-12,21-23H,8H2,1-3H3;3-6,8-11,20-23H,7H2,1-2H3;1H4/b9-7+;7-5+;6-4+;. The predicted molar refractivity (Wildman–Crippen MR) is 313 cm³/mol. The summed E-state index contributed by atoms with van der Waals surface area (Å²) in [5.74, 6) is 1.34. The van der Waals surface area contributed by atoms with Gasteiger partial charge in [0.15, 0.2) is 23.0 Å². The van der Waals surface area contributed by atoms with Gasteiger partial charge < -0.3 is 55.4 Å². The Bertz CT molecular complexity index is 3130. The van der Waals surface area contributed by atoms with Crippen molar-refractivity contribution in [3.63, 3.8) is 0 Å². The summed E-state index contributed by atoms with van der Waals surface area (Å²) in [6.07, 6.45) is 21.1. The second-order valence-corrected chi connectivity index (χ2v) is 18.9. The van der Waals surface area contributed by atoms with Crippen molar-refractivity contribution in [3.05, 3.63) is 193 Å². The molecule has 0 fully saturated rings. The number of allylic oxidation sites excluding steroid dienone is 7. The number of benzene rings is 6. The maximum absolute atomic E-state index is 10.2. The van der Waals surface area contributed by atoms with Gasteiger partial charge in [0.1, 0.15) is 46.9 Å². The Morgan fingerprint density at radius 2 is 0.776 bits per heavy atom. The summed E-state index contributed by atoms with van der Waals surface area (Å²) in [5.41, 5.74) is 12.9. The van der Waals surface area contributed by atoms with E-state index in [4.69, 9.17) is 9.47 Å². The molecule has 402 valence electrons. The van der Waals surface area contributed by atoms with Crippen LogP contribution >= 0.6 is 0 Å². The number of ether oxygens (including phenoxy) is 2. The van der Waals surface area contributed by atoms with Crippen LogP contribution in [0.1, 0.15) is 118 Å². The van der Waals surface area contributed by atoms with Crippen molar-refractivity contribution >= 4 is 36.5 Å². The molecular weight excluding hydrogens is 957 g/mol. The maximum Gasteiger partial charge on any atom is 0.161 e. The van der Waals surface area contributed by atoms with Gasteiger partial charge in [-0.25, -0.2) is 0 Å². The molecule has 0 unspecified atom stereocenters. The van der Waals surface area contributed by atoms with Gasteiger partial charge in [-0.1, -0.05) is 103 Å². The number of aromatic hydroxyl groups is 9. The van der Waals surface area contributed by atoms with Crippen LogP contribution in [0.2, 0.25) is 0 Å². The molecule has 6 aromatic carbocycles. The van der Waals surface area contributed by atoms with E-state index in [9.17, 15) is 46.0 Å². The van der Waals surface area contributed by atoms with E-state index in [1.165, 1.54) is 42.5 Å². The van der Waals surface area contributed by atoms with Crippen LogP contribution in [0.4, 0.5) is 0 Å². The zero-order valence-corrected chi connectivity index (χ0v) is 44.6. The summed E-state index contributed by atoms with van der Waals surface area (Å²) in [4.78, 5) is 0. The number of phenols is 9. The summed E-state index contributed by atoms with van der Waals surface area (Å²) in [5, 5.41) is 88.0. The highest BCUT2D eigenvalue weighted by molar-refractivity contribution is 5.76. The van der Waals surface area contributed by atoms with E-state index in [0.717, 1.165) is 56.5 Å². The molecule has 11 nitrogen and oxygen atoms in total. The molecular formula is C65H76O11. The number of aryl methyl sites for hydroxylation is 1. The number of methoxy groups -OCH3 is 1. The van der Waals surface area contributed by atoms with Gasteiger partial charge >= 0.3 is 0 Å². The van der Waals surface area contributed by atoms with Gasteiger partial charge in [0.05, 0.1) is 7.11 Å². The van der Waals surface area contributed by atoms with E-state index in [1.807, 2.05) is 103 Å². The Kier molecular flexibility index (Phi) is 24.2. The summed E-state index contributed by atoms with van der Waals surface area (Å²) < 4.78 is 11.0. The molecule has 0 spiro atoms. The molecule has 0 saturated carbocycles. The van der Waals surface area contributed by atoms with Gasteiger partial charge in [0, 0.05) is 34.9 Å². The van der Waals surface area contributed by atoms with Gasteiger partial charge in [-0.05, 0) is 181 Å². The van der Waals surface area contributed by atoms with Crippen LogP contribution in [-0.4, -0.2) is 59.7 Å². The Morgan fingerprint density at radius 1 is 0.382 bits per heavy atom. The minimum atomic E-state index is -0.198. The zero-order valence-electron chi connectivity index (χ0n) is 44.6. The maximum atomic E-state index is 10.2. The molecule has 0 amide bonds. The van der Waals surface area contributed by atoms with Crippen molar-refractivity contribution in [2.24, 2.45) is 0 Å². The molecule has 0 bridgehead atoms. The SMILES string of the molecule is C.CC(C)=CCOc1cc(O)cc(/C=C/c2ccc(O)c(C)c2)c1CC=C(C)C.CC(C)=CCc1c(O)cc(O)cc1/C=C/c1ccc(O)c(O)c1.COc1cc(/C=C/c2cc(O)cc(O)c2CC=C(C)C)ccc1O. The molecule has 0 aromatic heterocycles. The number of hydrogen-bond donors (Lipinski definition) is 9. The smallest absolute Gasteiger partial charge is 0.161 e. The molecule has 6 aromatic rings. The van der Waals surface area contributed by atoms with Crippen molar-refractivity contribution in [1.29, 1.82) is 0 Å². The fourth-order valence-electron chi connectivity index (χ4n) is 7.22. The van der Waals surface area contributed by atoms with E-state index in [2.05, 4.69) is 19.9 Å². The van der Waals surface area contributed by atoms with Crippen LogP contribution in [0.5, 0.6) is 63.2 Å². The highest BCUT2D eigenvalue weighted by Crippen LogP contribution is 2.34. The monoisotopic (exact) mass is 1030 g/mol. The molecule has 11 heteroatoms. The lowest BCUT2D eigenvalue weighted by Crippen LogP contribution is -2.00. The first-order valence-corrected chi connectivity index (χ1v) is 24.4. The van der Waals surface area contributed by atoms with Crippen LogP contribution < -0.4 is 9.47 Å². The van der Waals surface area contributed by atoms with Gasteiger partial charge in [0.25, 0.3) is 0 Å². The molecule has 0 saturated heterocycles. The van der Waals surface area contributed by atoms with Crippen LogP contribution in [-0.2, 0) is 19.3 Å². The molecule has 76 heavy (non-hydrogen) atoms. The molecule has 0 aliphatic carbocycles. The van der Waals surface area contributed by atoms with Gasteiger partial charge in [0.2, 0.25) is 0 Å². The van der Waals surface area contributed by atoms with Crippen LogP contribution in [0.3, 0.4) is 0 Å². The van der Waals surface area contributed by atoms with Crippen LogP contribution in [0.25, 0.3) is 36.5 Å². The average Bonchev–Trinajstić information content (AvgIpc) is 3.33. The largest absolute Gasteiger partial charge is 0.508 e. The Labute approximate surface area is 449 Å². The van der Waals surface area contributed by atoms with Gasteiger partial charge in [-0.15, -0.1) is 0 Å². The first-order valence-electron chi connectivity index (χ1n) is 24.4. The lowest BCUT2D eigenvalue weighted by molar-refractivity contribution is 0.355. The van der Waals surface area contributed by atoms with E-state index in [0.29, 0.717) is 47.6 Å². The minimum Gasteiger partial charge on any atom is -0.508 e. The Hall–Kier alpha value is -8.70. The first-order chi connectivity index (χ1) is 35.5. The first kappa shape index (κ1) is 61.6. The molecule has 9 N–H and O–H groups in total. The third kappa shape index (κ3) is 20.0. The molecule has 0 atom stereocenters. The van der Waals surface area contributed by atoms with Crippen molar-refractivity contribution < 1.29 is 55.4 Å². The summed E-state index contributed by atoms with van der Waals surface area (Å²) in [7, 11) is 1.49. The Balaban J connectivity index is 0.000000300. The van der Waals surface area contributed by atoms with E-state index in [1.54, 1.807) is 66.7 Å². The third-order valence-electron chi connectivity index (χ3n) is 11.4. The fraction of sp³-hybridized carbons (Fsp3) is 0.231. The minimum absolute atomic E-state index is 0. The van der Waals surface area contributed by atoms with Crippen molar-refractivity contribution in [1.82, 2.24) is 0 Å². The van der Waals surface area contributed by atoms with E-state index in [-0.39, 0.29) is 59.2 Å². The fourth-order valence-corrected chi connectivity index (χ4v) is 7.22. The average molecular weight is 1030 g/mol. The summed E-state index contributed by atoms with van der Waals surface area (Å²) >= 11 is 0. The number of phenolic OH excluding ortho intramolecular Hbond substituents is 9. The lowest BCUT2D eigenvalue weighted by Gasteiger charge is -2.14. The van der Waals surface area contributed by atoms with E-state index >= 15 is 0 Å². The van der Waals surface area contributed by atoms with Gasteiger partial charge in [-0.2, -0.15) is 0 Å². The third-order valence-corrected chi connectivity index (χ3v) is 11.4. The van der Waals surface area contributed by atoms with Crippen molar-refractivity contribution in [2.45, 2.75) is 89.0 Å². The number of rotatable bonds is 16. The predicted octanol–water partition coefficient (Wildman–Crippen LogP) is 15.7. The van der Waals surface area contributed by atoms with Crippen LogP contribution in [0.15, 0.2) is 138 Å². The second kappa shape index (κ2) is 29.9. The number of hydrogen-bond acceptors (Lipinski definition) is 11. The van der Waals surface area contributed by atoms with Crippen molar-refractivity contribution in [3.8, 4) is 63.2 Å². The van der Waals surface area contributed by atoms with E-state index < -0.39 is 0 Å². The topological polar surface area (TPSA) is 201 Å². The molecule has 0 aliphatic rings. The molecule has 0 heterocycles. The lowest BCUT2D eigenvalue weighted by atomic mass is 10.00. The summed E-state index contributed by atoms with van der Waals surface area (Å²) in [6, 6.07) is 24.3. The highest BCUT2D eigenvalue weighted by Gasteiger charge is 2.12. The quantitative estimate of drug-likeness (QED) is 0.0254. The molecule has 0 aliphatic heterocycles. The van der Waals surface area contributed by atoms with Crippen molar-refractivity contribution in [2.75, 3.05) is 13.7 Å². The molecule has 0 radical (unpaired) electrons. The highest BCUT2D eigenvalue weighted by atomic mass is 16.5.